The maximum Gasteiger partial charge on any atom is 0.269 e. The zero-order valence-corrected chi connectivity index (χ0v) is 9.43. The Hall–Kier alpha value is -2.37. The molecule has 0 aliphatic rings. The third kappa shape index (κ3) is 1.96. The molecule has 88 valence electrons. The van der Waals surface area contributed by atoms with E-state index in [1.807, 2.05) is 6.92 Å². The number of nitrogens with zero attached hydrogens (tertiary/aromatic N) is 2. The molecule has 0 atom stereocenters. The van der Waals surface area contributed by atoms with Gasteiger partial charge in [0.2, 0.25) is 5.88 Å². The number of nitro groups is 1. The van der Waals surface area contributed by atoms with Gasteiger partial charge < -0.3 is 4.74 Å². The summed E-state index contributed by atoms with van der Waals surface area (Å²) in [5.41, 5.74) is 2.57. The summed E-state index contributed by atoms with van der Waals surface area (Å²) in [6, 6.07) is 6.28. The fourth-order valence-electron chi connectivity index (χ4n) is 1.64. The minimum Gasteiger partial charge on any atom is -0.479 e. The fraction of sp³-hybridized carbons (Fsp3) is 0.182. The van der Waals surface area contributed by atoms with E-state index in [2.05, 4.69) is 10.2 Å². The van der Waals surface area contributed by atoms with Gasteiger partial charge in [-0.15, -0.1) is 5.10 Å². The highest BCUT2D eigenvalue weighted by Crippen LogP contribution is 2.31. The van der Waals surface area contributed by atoms with Gasteiger partial charge in [-0.2, -0.15) is 0 Å². The summed E-state index contributed by atoms with van der Waals surface area (Å²) in [5, 5.41) is 17.4. The number of H-pyrrole nitrogens is 1. The summed E-state index contributed by atoms with van der Waals surface area (Å²) in [6.45, 7) is 1.87. The summed E-state index contributed by atoms with van der Waals surface area (Å²) in [5.74, 6) is 0.483. The van der Waals surface area contributed by atoms with E-state index in [1.54, 1.807) is 12.1 Å². The molecule has 0 saturated carbocycles. The number of hydrogen-bond donors (Lipinski definition) is 1. The summed E-state index contributed by atoms with van der Waals surface area (Å²) >= 11 is 0. The number of methoxy groups -OCH3 is 1. The van der Waals surface area contributed by atoms with E-state index in [0.717, 1.165) is 16.8 Å². The lowest BCUT2D eigenvalue weighted by Gasteiger charge is -2.02. The number of non-ortho nitro benzene ring substituents is 1. The molecular formula is C11H11N3O3. The van der Waals surface area contributed by atoms with Crippen molar-refractivity contribution >= 4 is 5.69 Å². The van der Waals surface area contributed by atoms with Gasteiger partial charge in [0.1, 0.15) is 0 Å². The van der Waals surface area contributed by atoms with Gasteiger partial charge >= 0.3 is 0 Å². The molecule has 1 aromatic carbocycles. The van der Waals surface area contributed by atoms with E-state index in [-0.39, 0.29) is 5.69 Å². The molecule has 2 rings (SSSR count). The SMILES string of the molecule is COc1n[nH]c(C)c1-c1ccc([N+](=O)[O-])cc1. The second-order valence-electron chi connectivity index (χ2n) is 3.54. The first-order valence-electron chi connectivity index (χ1n) is 4.97. The monoisotopic (exact) mass is 233 g/mol. The molecule has 0 amide bonds. The van der Waals surface area contributed by atoms with Crippen LogP contribution in [-0.2, 0) is 0 Å². The molecule has 0 unspecified atom stereocenters. The number of aryl methyl sites for hydroxylation is 1. The molecule has 0 bridgehead atoms. The second-order valence-corrected chi connectivity index (χ2v) is 3.54. The van der Waals surface area contributed by atoms with Gasteiger partial charge in [0, 0.05) is 17.8 Å². The smallest absolute Gasteiger partial charge is 0.269 e. The van der Waals surface area contributed by atoms with Crippen LogP contribution < -0.4 is 4.74 Å². The van der Waals surface area contributed by atoms with Gasteiger partial charge in [0.05, 0.1) is 17.6 Å². The molecule has 0 radical (unpaired) electrons. The molecule has 0 aliphatic heterocycles. The lowest BCUT2D eigenvalue weighted by atomic mass is 10.1. The van der Waals surface area contributed by atoms with Crippen molar-refractivity contribution in [2.45, 2.75) is 6.92 Å². The highest BCUT2D eigenvalue weighted by molar-refractivity contribution is 5.71. The largest absolute Gasteiger partial charge is 0.479 e. The van der Waals surface area contributed by atoms with Crippen molar-refractivity contribution in [2.75, 3.05) is 7.11 Å². The molecule has 0 aliphatic carbocycles. The van der Waals surface area contributed by atoms with Crippen molar-refractivity contribution < 1.29 is 9.66 Å². The average Bonchev–Trinajstić information content (AvgIpc) is 2.70. The highest BCUT2D eigenvalue weighted by Gasteiger charge is 2.14. The lowest BCUT2D eigenvalue weighted by molar-refractivity contribution is -0.384. The molecule has 1 aromatic heterocycles. The van der Waals surface area contributed by atoms with Crippen LogP contribution in [0.3, 0.4) is 0 Å². The molecule has 0 saturated heterocycles. The van der Waals surface area contributed by atoms with Crippen LogP contribution in [0.4, 0.5) is 5.69 Å². The third-order valence-corrected chi connectivity index (χ3v) is 2.47. The first-order valence-corrected chi connectivity index (χ1v) is 4.97. The number of aromatic amines is 1. The normalized spacial score (nSPS) is 10.2. The van der Waals surface area contributed by atoms with Gasteiger partial charge in [-0.1, -0.05) is 0 Å². The van der Waals surface area contributed by atoms with E-state index in [9.17, 15) is 10.1 Å². The number of nitrogens with one attached hydrogen (secondary N) is 1. The number of hydrogen-bond acceptors (Lipinski definition) is 4. The number of nitro benzene ring substituents is 1. The molecule has 6 nitrogen and oxygen atoms in total. The molecule has 1 N–H and O–H groups in total. The predicted octanol–water partition coefficient (Wildman–Crippen LogP) is 2.30. The highest BCUT2D eigenvalue weighted by atomic mass is 16.6. The van der Waals surface area contributed by atoms with Crippen molar-refractivity contribution in [2.24, 2.45) is 0 Å². The van der Waals surface area contributed by atoms with Crippen LogP contribution in [0.15, 0.2) is 24.3 Å². The quantitative estimate of drug-likeness (QED) is 0.651. The van der Waals surface area contributed by atoms with Crippen LogP contribution >= 0.6 is 0 Å². The Labute approximate surface area is 97.4 Å². The van der Waals surface area contributed by atoms with Gasteiger partial charge in [-0.3, -0.25) is 15.2 Å². The zero-order chi connectivity index (χ0) is 12.4. The summed E-state index contributed by atoms with van der Waals surface area (Å²) < 4.78 is 5.12. The van der Waals surface area contributed by atoms with E-state index in [1.165, 1.54) is 19.2 Å². The Kier molecular flexibility index (Phi) is 2.78. The molecule has 2 aromatic rings. The van der Waals surface area contributed by atoms with Gasteiger partial charge in [-0.05, 0) is 24.6 Å². The minimum absolute atomic E-state index is 0.0638. The van der Waals surface area contributed by atoms with Crippen molar-refractivity contribution in [1.29, 1.82) is 0 Å². The van der Waals surface area contributed by atoms with E-state index < -0.39 is 4.92 Å². The predicted molar refractivity (Wildman–Crippen MR) is 62.0 cm³/mol. The molecule has 6 heteroatoms. The van der Waals surface area contributed by atoms with Crippen LogP contribution in [0.1, 0.15) is 5.69 Å². The fourth-order valence-corrected chi connectivity index (χ4v) is 1.64. The van der Waals surface area contributed by atoms with Crippen LogP contribution in [0.5, 0.6) is 5.88 Å². The van der Waals surface area contributed by atoms with E-state index in [0.29, 0.717) is 5.88 Å². The summed E-state index contributed by atoms with van der Waals surface area (Å²) in [6.07, 6.45) is 0. The Morgan fingerprint density at radius 1 is 1.35 bits per heavy atom. The van der Waals surface area contributed by atoms with Gasteiger partial charge in [0.15, 0.2) is 0 Å². The minimum atomic E-state index is -0.427. The number of rotatable bonds is 3. The number of aromatic nitrogens is 2. The topological polar surface area (TPSA) is 81.0 Å². The Morgan fingerprint density at radius 2 is 2.00 bits per heavy atom. The molecule has 0 fully saturated rings. The maximum atomic E-state index is 10.6. The third-order valence-electron chi connectivity index (χ3n) is 2.47. The molecule has 17 heavy (non-hydrogen) atoms. The lowest BCUT2D eigenvalue weighted by Crippen LogP contribution is -1.89. The van der Waals surface area contributed by atoms with Crippen LogP contribution in [-0.4, -0.2) is 22.2 Å². The molecule has 0 spiro atoms. The van der Waals surface area contributed by atoms with Crippen LogP contribution in [0.2, 0.25) is 0 Å². The first-order chi connectivity index (χ1) is 8.13. The Balaban J connectivity index is 2.46. The maximum absolute atomic E-state index is 10.6. The van der Waals surface area contributed by atoms with Crippen molar-refractivity contribution in [3.8, 4) is 17.0 Å². The van der Waals surface area contributed by atoms with Crippen molar-refractivity contribution in [1.82, 2.24) is 10.2 Å². The molecular weight excluding hydrogens is 222 g/mol. The van der Waals surface area contributed by atoms with E-state index in [4.69, 9.17) is 4.74 Å². The molecule has 1 heterocycles. The first kappa shape index (κ1) is 11.1. The van der Waals surface area contributed by atoms with Gasteiger partial charge in [0.25, 0.3) is 5.69 Å². The van der Waals surface area contributed by atoms with E-state index >= 15 is 0 Å². The van der Waals surface area contributed by atoms with Crippen LogP contribution in [0.25, 0.3) is 11.1 Å². The van der Waals surface area contributed by atoms with Crippen LogP contribution in [0, 0.1) is 17.0 Å². The average molecular weight is 233 g/mol. The Morgan fingerprint density at radius 3 is 2.53 bits per heavy atom. The standard InChI is InChI=1S/C11H11N3O3/c1-7-10(11(17-2)13-12-7)8-3-5-9(6-4-8)14(15)16/h3-6H,1-2H3,(H,12,13). The zero-order valence-electron chi connectivity index (χ0n) is 9.43. The van der Waals surface area contributed by atoms with Crippen molar-refractivity contribution in [3.05, 3.63) is 40.1 Å². The summed E-state index contributed by atoms with van der Waals surface area (Å²) in [4.78, 5) is 10.1. The second kappa shape index (κ2) is 4.25. The van der Waals surface area contributed by atoms with Crippen molar-refractivity contribution in [3.63, 3.8) is 0 Å². The number of benzene rings is 1. The summed E-state index contributed by atoms with van der Waals surface area (Å²) in [7, 11) is 1.53. The Bertz CT molecular complexity index is 546. The number of ether oxygens (including phenoxy) is 1. The van der Waals surface area contributed by atoms with Gasteiger partial charge in [-0.25, -0.2) is 0 Å².